The van der Waals surface area contributed by atoms with Crippen molar-refractivity contribution >= 4 is 11.6 Å². The van der Waals surface area contributed by atoms with Crippen LogP contribution in [0, 0.1) is 5.82 Å². The number of hydrogen-bond acceptors (Lipinski definition) is 6. The number of nitrogen functional groups attached to an aromatic ring is 1. The summed E-state index contributed by atoms with van der Waals surface area (Å²) in [6.45, 7) is 2.37. The molecule has 2 heterocycles. The average Bonchev–Trinajstić information content (AvgIpc) is 2.65. The molecule has 27 heavy (non-hydrogen) atoms. The first-order valence-corrected chi connectivity index (χ1v) is 8.43. The molecule has 1 atom stereocenters. The van der Waals surface area contributed by atoms with Crippen molar-refractivity contribution in [3.63, 3.8) is 0 Å². The summed E-state index contributed by atoms with van der Waals surface area (Å²) in [6.07, 6.45) is -3.16. The number of anilines is 2. The van der Waals surface area contributed by atoms with Crippen LogP contribution in [0.25, 0.3) is 0 Å². The van der Waals surface area contributed by atoms with Gasteiger partial charge in [0.15, 0.2) is 11.6 Å². The highest BCUT2D eigenvalue weighted by Crippen LogP contribution is 2.31. The van der Waals surface area contributed by atoms with Crippen molar-refractivity contribution < 1.29 is 17.6 Å². The van der Waals surface area contributed by atoms with Gasteiger partial charge in [0.2, 0.25) is 5.82 Å². The third kappa shape index (κ3) is 4.11. The highest BCUT2D eigenvalue weighted by molar-refractivity contribution is 5.48. The van der Waals surface area contributed by atoms with Crippen molar-refractivity contribution in [1.82, 2.24) is 14.9 Å². The van der Waals surface area contributed by atoms with E-state index in [0.717, 1.165) is 17.7 Å². The number of aromatic nitrogens is 2. The first-order chi connectivity index (χ1) is 12.8. The maximum atomic E-state index is 14.1. The van der Waals surface area contributed by atoms with Crippen LogP contribution >= 0.6 is 0 Å². The van der Waals surface area contributed by atoms with E-state index in [2.05, 4.69) is 14.9 Å². The maximum Gasteiger partial charge on any atom is 0.416 e. The van der Waals surface area contributed by atoms with Gasteiger partial charge < -0.3 is 16.4 Å². The highest BCUT2D eigenvalue weighted by atomic mass is 19.4. The van der Waals surface area contributed by atoms with Gasteiger partial charge in [-0.05, 0) is 17.7 Å². The minimum Gasteiger partial charge on any atom is -0.381 e. The fourth-order valence-corrected chi connectivity index (χ4v) is 3.23. The van der Waals surface area contributed by atoms with Crippen molar-refractivity contribution in [2.45, 2.75) is 12.2 Å². The van der Waals surface area contributed by atoms with Gasteiger partial charge in [-0.2, -0.15) is 17.6 Å². The lowest BCUT2D eigenvalue weighted by molar-refractivity contribution is -0.137. The van der Waals surface area contributed by atoms with Gasteiger partial charge in [0, 0.05) is 38.8 Å². The van der Waals surface area contributed by atoms with E-state index in [-0.39, 0.29) is 24.2 Å². The number of nitrogens with two attached hydrogens (primary N) is 2. The van der Waals surface area contributed by atoms with Crippen LogP contribution in [-0.2, 0) is 6.18 Å². The zero-order chi connectivity index (χ0) is 19.6. The van der Waals surface area contributed by atoms with Crippen LogP contribution in [-0.4, -0.2) is 47.6 Å². The molecule has 0 spiro atoms. The second-order valence-corrected chi connectivity index (χ2v) is 6.29. The van der Waals surface area contributed by atoms with Gasteiger partial charge in [0.25, 0.3) is 0 Å². The van der Waals surface area contributed by atoms with Gasteiger partial charge in [0.05, 0.1) is 5.56 Å². The van der Waals surface area contributed by atoms with Crippen molar-refractivity contribution in [2.24, 2.45) is 5.73 Å². The van der Waals surface area contributed by atoms with E-state index in [1.807, 2.05) is 0 Å². The van der Waals surface area contributed by atoms with Crippen LogP contribution in [0.5, 0.6) is 0 Å². The zero-order valence-electron chi connectivity index (χ0n) is 14.5. The van der Waals surface area contributed by atoms with Gasteiger partial charge in [0.1, 0.15) is 6.33 Å². The monoisotopic (exact) mass is 384 g/mol. The Morgan fingerprint density at radius 3 is 2.22 bits per heavy atom. The van der Waals surface area contributed by atoms with Crippen LogP contribution in [0.15, 0.2) is 30.6 Å². The molecule has 6 nitrogen and oxygen atoms in total. The van der Waals surface area contributed by atoms with Crippen LogP contribution in [0.4, 0.5) is 29.2 Å². The Balaban J connectivity index is 1.69. The second-order valence-electron chi connectivity index (χ2n) is 6.29. The van der Waals surface area contributed by atoms with Crippen LogP contribution in [0.1, 0.15) is 17.2 Å². The van der Waals surface area contributed by atoms with Crippen molar-refractivity contribution in [2.75, 3.05) is 43.4 Å². The summed E-state index contributed by atoms with van der Waals surface area (Å²) in [4.78, 5) is 11.4. The summed E-state index contributed by atoms with van der Waals surface area (Å²) in [5, 5.41) is 0. The molecule has 1 aromatic carbocycles. The summed E-state index contributed by atoms with van der Waals surface area (Å²) in [5.41, 5.74) is 11.4. The topological polar surface area (TPSA) is 84.3 Å². The van der Waals surface area contributed by atoms with E-state index in [4.69, 9.17) is 11.5 Å². The summed E-state index contributed by atoms with van der Waals surface area (Å²) < 4.78 is 52.3. The highest BCUT2D eigenvalue weighted by Gasteiger charge is 2.31. The molecule has 146 valence electrons. The quantitative estimate of drug-likeness (QED) is 0.785. The number of benzene rings is 1. The molecule has 10 heteroatoms. The minimum atomic E-state index is -4.37. The summed E-state index contributed by atoms with van der Waals surface area (Å²) in [6, 6.07) is 4.82. The first kappa shape index (κ1) is 19.3. The Morgan fingerprint density at radius 2 is 1.67 bits per heavy atom. The Labute approximate surface area is 153 Å². The Hall–Kier alpha value is -2.46. The molecule has 1 aromatic heterocycles. The molecular weight excluding hydrogens is 364 g/mol. The number of nitrogens with zero attached hydrogens (tertiary/aromatic N) is 4. The van der Waals surface area contributed by atoms with Crippen molar-refractivity contribution in [3.8, 4) is 0 Å². The van der Waals surface area contributed by atoms with Crippen LogP contribution < -0.4 is 16.4 Å². The van der Waals surface area contributed by atoms with E-state index in [0.29, 0.717) is 26.2 Å². The fourth-order valence-electron chi connectivity index (χ4n) is 3.23. The summed E-state index contributed by atoms with van der Waals surface area (Å²) in [5.74, 6) is -0.697. The molecule has 0 saturated carbocycles. The van der Waals surface area contributed by atoms with E-state index in [9.17, 15) is 17.6 Å². The predicted molar refractivity (Wildman–Crippen MR) is 93.4 cm³/mol. The second kappa shape index (κ2) is 7.65. The number of rotatable bonds is 4. The van der Waals surface area contributed by atoms with Crippen molar-refractivity contribution in [1.29, 1.82) is 0 Å². The smallest absolute Gasteiger partial charge is 0.381 e. The number of hydrogen-bond donors (Lipinski definition) is 2. The average molecular weight is 384 g/mol. The van der Waals surface area contributed by atoms with Gasteiger partial charge in [-0.3, -0.25) is 4.90 Å². The van der Waals surface area contributed by atoms with Gasteiger partial charge in [-0.25, -0.2) is 9.97 Å². The molecule has 1 aliphatic heterocycles. The molecule has 0 aliphatic carbocycles. The molecule has 0 bridgehead atoms. The van der Waals surface area contributed by atoms with Gasteiger partial charge in [-0.1, -0.05) is 12.1 Å². The lowest BCUT2D eigenvalue weighted by Gasteiger charge is -2.39. The third-order valence-corrected chi connectivity index (χ3v) is 4.70. The molecule has 4 N–H and O–H groups in total. The van der Waals surface area contributed by atoms with Crippen molar-refractivity contribution in [3.05, 3.63) is 47.5 Å². The number of piperazine rings is 1. The van der Waals surface area contributed by atoms with E-state index in [1.165, 1.54) is 18.5 Å². The molecule has 3 rings (SSSR count). The largest absolute Gasteiger partial charge is 0.416 e. The van der Waals surface area contributed by atoms with E-state index < -0.39 is 17.6 Å². The van der Waals surface area contributed by atoms with E-state index >= 15 is 0 Å². The molecule has 0 amide bonds. The van der Waals surface area contributed by atoms with Crippen LogP contribution in [0.2, 0.25) is 0 Å². The van der Waals surface area contributed by atoms with Gasteiger partial charge >= 0.3 is 6.18 Å². The molecule has 1 saturated heterocycles. The standard InChI is InChI=1S/C17H20F4N6/c18-14-15(23)24-10-25-16(14)27-7-5-26(6-8-27)13(9-22)11-1-3-12(4-2-11)17(19,20)21/h1-4,10,13H,5-9,22H2,(H2,23,24,25). The molecule has 2 aromatic rings. The molecule has 1 aliphatic rings. The minimum absolute atomic E-state index is 0.154. The van der Waals surface area contributed by atoms with Gasteiger partial charge in [-0.15, -0.1) is 0 Å². The SMILES string of the molecule is NCC(c1ccc(C(F)(F)F)cc1)N1CCN(c2ncnc(N)c2F)CC1. The normalized spacial score (nSPS) is 17.1. The summed E-state index contributed by atoms with van der Waals surface area (Å²) >= 11 is 0. The lowest BCUT2D eigenvalue weighted by atomic mass is 10.0. The Kier molecular flexibility index (Phi) is 5.47. The molecule has 0 radical (unpaired) electrons. The Morgan fingerprint density at radius 1 is 1.04 bits per heavy atom. The van der Waals surface area contributed by atoms with Crippen LogP contribution in [0.3, 0.4) is 0 Å². The number of alkyl halides is 3. The number of halogens is 4. The van der Waals surface area contributed by atoms with E-state index in [1.54, 1.807) is 4.90 Å². The zero-order valence-corrected chi connectivity index (χ0v) is 14.5. The first-order valence-electron chi connectivity index (χ1n) is 8.43. The Bertz CT molecular complexity index is 772. The fraction of sp³-hybridized carbons (Fsp3) is 0.412. The predicted octanol–water partition coefficient (Wildman–Crippen LogP) is 2.04. The summed E-state index contributed by atoms with van der Waals surface area (Å²) in [7, 11) is 0. The molecule has 1 unspecified atom stereocenters. The maximum absolute atomic E-state index is 14.1. The molecule has 1 fully saturated rings. The lowest BCUT2D eigenvalue weighted by Crippen LogP contribution is -2.49. The third-order valence-electron chi connectivity index (χ3n) is 4.70. The molecular formula is C17H20F4N6.